The largest absolute Gasteiger partial charge is 0.393 e. The van der Waals surface area contributed by atoms with Gasteiger partial charge in [0, 0.05) is 18.8 Å². The number of allylic oxidation sites excluding steroid dienone is 1. The molecule has 0 amide bonds. The molecule has 0 atom stereocenters. The molecular formula is C21H29N5. The molecule has 0 unspecified atom stereocenters. The number of hydrogen-bond donors (Lipinski definition) is 2. The SMILES string of the molecule is CCN(c1cccc(C)c1)c1ncnc(NCCC2=CCCCC2)c1N. The molecule has 3 N–H and O–H groups in total. The maximum Gasteiger partial charge on any atom is 0.161 e. The zero-order chi connectivity index (χ0) is 18.4. The third-order valence-corrected chi connectivity index (χ3v) is 4.87. The number of hydrogen-bond acceptors (Lipinski definition) is 5. The van der Waals surface area contributed by atoms with Gasteiger partial charge in [-0.15, -0.1) is 0 Å². The minimum absolute atomic E-state index is 0.605. The first-order valence-corrected chi connectivity index (χ1v) is 9.55. The predicted octanol–water partition coefficient (Wildman–Crippen LogP) is 4.83. The van der Waals surface area contributed by atoms with Crippen LogP contribution in [0.4, 0.5) is 23.0 Å². The fourth-order valence-electron chi connectivity index (χ4n) is 3.47. The van der Waals surface area contributed by atoms with Crippen molar-refractivity contribution < 1.29 is 0 Å². The first-order chi connectivity index (χ1) is 12.7. The van der Waals surface area contributed by atoms with E-state index in [1.807, 2.05) is 0 Å². The van der Waals surface area contributed by atoms with E-state index < -0.39 is 0 Å². The second-order valence-corrected chi connectivity index (χ2v) is 6.83. The van der Waals surface area contributed by atoms with Gasteiger partial charge in [0.25, 0.3) is 0 Å². The molecule has 5 nitrogen and oxygen atoms in total. The Morgan fingerprint density at radius 1 is 1.23 bits per heavy atom. The van der Waals surface area contributed by atoms with Gasteiger partial charge in [0.2, 0.25) is 0 Å². The number of aryl methyl sites for hydroxylation is 1. The third kappa shape index (κ3) is 4.34. The van der Waals surface area contributed by atoms with Crippen LogP contribution in [0.2, 0.25) is 0 Å². The van der Waals surface area contributed by atoms with Crippen molar-refractivity contribution in [2.45, 2.75) is 46.0 Å². The molecule has 26 heavy (non-hydrogen) atoms. The van der Waals surface area contributed by atoms with Crippen LogP contribution in [0, 0.1) is 6.92 Å². The van der Waals surface area contributed by atoms with Crippen LogP contribution in [0.3, 0.4) is 0 Å². The number of nitrogens with one attached hydrogen (secondary N) is 1. The van der Waals surface area contributed by atoms with E-state index in [2.05, 4.69) is 64.4 Å². The molecule has 0 saturated heterocycles. The van der Waals surface area contributed by atoms with Crippen molar-refractivity contribution in [1.29, 1.82) is 0 Å². The van der Waals surface area contributed by atoms with Crippen LogP contribution >= 0.6 is 0 Å². The summed E-state index contributed by atoms with van der Waals surface area (Å²) in [5.41, 5.74) is 10.9. The number of benzene rings is 1. The van der Waals surface area contributed by atoms with Crippen LogP contribution in [-0.2, 0) is 0 Å². The Kier molecular flexibility index (Phi) is 6.10. The molecule has 0 fully saturated rings. The van der Waals surface area contributed by atoms with E-state index in [0.29, 0.717) is 5.69 Å². The molecule has 0 saturated carbocycles. The third-order valence-electron chi connectivity index (χ3n) is 4.87. The quantitative estimate of drug-likeness (QED) is 0.700. The highest BCUT2D eigenvalue weighted by molar-refractivity contribution is 5.79. The summed E-state index contributed by atoms with van der Waals surface area (Å²) in [4.78, 5) is 10.9. The number of anilines is 4. The van der Waals surface area contributed by atoms with Crippen molar-refractivity contribution in [1.82, 2.24) is 9.97 Å². The van der Waals surface area contributed by atoms with E-state index in [1.54, 1.807) is 11.9 Å². The number of nitrogen functional groups attached to an aromatic ring is 1. The first-order valence-electron chi connectivity index (χ1n) is 9.55. The van der Waals surface area contributed by atoms with Crippen molar-refractivity contribution in [3.63, 3.8) is 0 Å². The van der Waals surface area contributed by atoms with Gasteiger partial charge in [-0.3, -0.25) is 0 Å². The lowest BCUT2D eigenvalue weighted by molar-refractivity contribution is 0.679. The van der Waals surface area contributed by atoms with Gasteiger partial charge in [-0.05, 0) is 63.6 Å². The molecule has 0 radical (unpaired) electrons. The summed E-state index contributed by atoms with van der Waals surface area (Å²) in [6, 6.07) is 8.38. The number of rotatable bonds is 7. The highest BCUT2D eigenvalue weighted by Gasteiger charge is 2.16. The van der Waals surface area contributed by atoms with Crippen LogP contribution in [-0.4, -0.2) is 23.1 Å². The average molecular weight is 351 g/mol. The Hall–Kier alpha value is -2.56. The van der Waals surface area contributed by atoms with Gasteiger partial charge in [-0.1, -0.05) is 23.8 Å². The normalized spacial score (nSPS) is 14.0. The second kappa shape index (κ2) is 8.70. The summed E-state index contributed by atoms with van der Waals surface area (Å²) in [5, 5.41) is 3.40. The van der Waals surface area contributed by atoms with Crippen molar-refractivity contribution in [2.75, 3.05) is 29.0 Å². The summed E-state index contributed by atoms with van der Waals surface area (Å²) in [7, 11) is 0. The molecular weight excluding hydrogens is 322 g/mol. The summed E-state index contributed by atoms with van der Waals surface area (Å²) in [6.45, 7) is 5.83. The van der Waals surface area contributed by atoms with Crippen LogP contribution in [0.5, 0.6) is 0 Å². The fourth-order valence-corrected chi connectivity index (χ4v) is 3.47. The lowest BCUT2D eigenvalue weighted by Crippen LogP contribution is -2.20. The summed E-state index contributed by atoms with van der Waals surface area (Å²) >= 11 is 0. The van der Waals surface area contributed by atoms with E-state index in [9.17, 15) is 0 Å². The smallest absolute Gasteiger partial charge is 0.161 e. The topological polar surface area (TPSA) is 67.1 Å². The maximum absolute atomic E-state index is 6.41. The zero-order valence-electron chi connectivity index (χ0n) is 15.8. The predicted molar refractivity (Wildman–Crippen MR) is 110 cm³/mol. The van der Waals surface area contributed by atoms with Crippen molar-refractivity contribution in [3.8, 4) is 0 Å². The molecule has 1 aromatic carbocycles. The Bertz CT molecular complexity index is 769. The van der Waals surface area contributed by atoms with E-state index in [1.165, 1.54) is 31.2 Å². The van der Waals surface area contributed by atoms with Gasteiger partial charge in [0.1, 0.15) is 12.0 Å². The minimum atomic E-state index is 0.605. The zero-order valence-corrected chi connectivity index (χ0v) is 15.8. The number of nitrogens with two attached hydrogens (primary N) is 1. The average Bonchev–Trinajstić information content (AvgIpc) is 2.66. The lowest BCUT2D eigenvalue weighted by Gasteiger charge is -2.24. The summed E-state index contributed by atoms with van der Waals surface area (Å²) in [5.74, 6) is 1.48. The van der Waals surface area contributed by atoms with Crippen molar-refractivity contribution in [3.05, 3.63) is 47.8 Å². The minimum Gasteiger partial charge on any atom is -0.393 e. The molecule has 3 rings (SSSR count). The lowest BCUT2D eigenvalue weighted by atomic mass is 9.97. The molecule has 0 aliphatic heterocycles. The molecule has 138 valence electrons. The Morgan fingerprint density at radius 3 is 2.85 bits per heavy atom. The Balaban J connectivity index is 1.74. The van der Waals surface area contributed by atoms with Crippen LogP contribution < -0.4 is 16.0 Å². The van der Waals surface area contributed by atoms with Gasteiger partial charge in [-0.25, -0.2) is 9.97 Å². The van der Waals surface area contributed by atoms with Crippen molar-refractivity contribution >= 4 is 23.0 Å². The molecule has 2 aromatic rings. The van der Waals surface area contributed by atoms with E-state index in [0.717, 1.165) is 36.8 Å². The summed E-state index contributed by atoms with van der Waals surface area (Å²) < 4.78 is 0. The van der Waals surface area contributed by atoms with Crippen LogP contribution in [0.15, 0.2) is 42.2 Å². The Labute approximate surface area is 156 Å². The standard InChI is InChI=1S/C21H29N5/c1-3-26(18-11-7-8-16(2)14-18)21-19(22)20(24-15-25-21)23-13-12-17-9-5-4-6-10-17/h7-9,11,14-15H,3-6,10,12-13,22H2,1-2H3,(H,23,24,25). The van der Waals surface area contributed by atoms with Gasteiger partial charge in [-0.2, -0.15) is 0 Å². The highest BCUT2D eigenvalue weighted by atomic mass is 15.2. The maximum atomic E-state index is 6.41. The molecule has 0 spiro atoms. The highest BCUT2D eigenvalue weighted by Crippen LogP contribution is 2.32. The van der Waals surface area contributed by atoms with E-state index >= 15 is 0 Å². The molecule has 1 aromatic heterocycles. The summed E-state index contributed by atoms with van der Waals surface area (Å²) in [6.07, 6.45) is 10.1. The monoisotopic (exact) mass is 351 g/mol. The van der Waals surface area contributed by atoms with E-state index in [-0.39, 0.29) is 0 Å². The van der Waals surface area contributed by atoms with Crippen LogP contribution in [0.25, 0.3) is 0 Å². The van der Waals surface area contributed by atoms with Gasteiger partial charge in [0.05, 0.1) is 0 Å². The van der Waals surface area contributed by atoms with Gasteiger partial charge < -0.3 is 16.0 Å². The van der Waals surface area contributed by atoms with Crippen LogP contribution in [0.1, 0.15) is 44.6 Å². The first kappa shape index (κ1) is 18.2. The molecule has 1 heterocycles. The number of aromatic nitrogens is 2. The molecule has 5 heteroatoms. The van der Waals surface area contributed by atoms with E-state index in [4.69, 9.17) is 5.73 Å². The van der Waals surface area contributed by atoms with Gasteiger partial charge >= 0.3 is 0 Å². The molecule has 1 aliphatic rings. The molecule has 0 bridgehead atoms. The Morgan fingerprint density at radius 2 is 2.12 bits per heavy atom. The van der Waals surface area contributed by atoms with Gasteiger partial charge in [0.15, 0.2) is 11.6 Å². The molecule has 1 aliphatic carbocycles. The van der Waals surface area contributed by atoms with Crippen molar-refractivity contribution in [2.24, 2.45) is 0 Å². The fraction of sp³-hybridized carbons (Fsp3) is 0.429. The number of nitrogens with zero attached hydrogens (tertiary/aromatic N) is 3. The second-order valence-electron chi connectivity index (χ2n) is 6.83.